The first-order valence-corrected chi connectivity index (χ1v) is 8.17. The number of rotatable bonds is 3. The number of aromatic nitrogens is 2. The van der Waals surface area contributed by atoms with Gasteiger partial charge in [-0.15, -0.1) is 0 Å². The van der Waals surface area contributed by atoms with Crippen molar-refractivity contribution < 1.29 is 19.0 Å². The van der Waals surface area contributed by atoms with Gasteiger partial charge < -0.3 is 14.2 Å². The molecule has 7 heteroatoms. The highest BCUT2D eigenvalue weighted by molar-refractivity contribution is 5.90. The highest BCUT2D eigenvalue weighted by Crippen LogP contribution is 2.30. The SMILES string of the molecule is Cc1cccc2nc(COC(=O)c3ccc4c(c3)OCCO4)cc(=O)n12. The maximum Gasteiger partial charge on any atom is 0.338 e. The molecule has 2 aromatic heterocycles. The summed E-state index contributed by atoms with van der Waals surface area (Å²) in [7, 11) is 0. The quantitative estimate of drug-likeness (QED) is 0.672. The molecule has 0 saturated heterocycles. The zero-order valence-corrected chi connectivity index (χ0v) is 14.1. The number of aryl methyl sites for hydroxylation is 1. The largest absolute Gasteiger partial charge is 0.486 e. The van der Waals surface area contributed by atoms with Crippen LogP contribution in [0.3, 0.4) is 0 Å². The van der Waals surface area contributed by atoms with E-state index < -0.39 is 5.97 Å². The molecule has 26 heavy (non-hydrogen) atoms. The van der Waals surface area contributed by atoms with Crippen molar-refractivity contribution in [2.75, 3.05) is 13.2 Å². The summed E-state index contributed by atoms with van der Waals surface area (Å²) in [6.07, 6.45) is 0. The Bertz CT molecular complexity index is 1060. The van der Waals surface area contributed by atoms with Crippen molar-refractivity contribution in [3.05, 3.63) is 69.8 Å². The van der Waals surface area contributed by atoms with Gasteiger partial charge >= 0.3 is 5.97 Å². The van der Waals surface area contributed by atoms with Gasteiger partial charge in [-0.25, -0.2) is 9.78 Å². The van der Waals surface area contributed by atoms with Crippen LogP contribution in [0.1, 0.15) is 21.7 Å². The maximum atomic E-state index is 12.3. The van der Waals surface area contributed by atoms with Crippen molar-refractivity contribution in [3.8, 4) is 11.5 Å². The van der Waals surface area contributed by atoms with Crippen LogP contribution >= 0.6 is 0 Å². The Kier molecular flexibility index (Phi) is 4.04. The molecular weight excluding hydrogens is 336 g/mol. The molecule has 1 aromatic carbocycles. The summed E-state index contributed by atoms with van der Waals surface area (Å²) in [4.78, 5) is 28.9. The Balaban J connectivity index is 1.53. The van der Waals surface area contributed by atoms with Gasteiger partial charge in [0, 0.05) is 11.8 Å². The van der Waals surface area contributed by atoms with Gasteiger partial charge in [-0.05, 0) is 37.3 Å². The Hall–Kier alpha value is -3.35. The molecule has 0 atom stereocenters. The third-order valence-electron chi connectivity index (χ3n) is 4.06. The predicted molar refractivity (Wildman–Crippen MR) is 92.8 cm³/mol. The lowest BCUT2D eigenvalue weighted by Gasteiger charge is -2.18. The van der Waals surface area contributed by atoms with E-state index in [4.69, 9.17) is 14.2 Å². The number of benzene rings is 1. The third kappa shape index (κ3) is 2.99. The third-order valence-corrected chi connectivity index (χ3v) is 4.06. The van der Waals surface area contributed by atoms with Crippen molar-refractivity contribution in [2.45, 2.75) is 13.5 Å². The van der Waals surface area contributed by atoms with Gasteiger partial charge in [0.25, 0.3) is 5.56 Å². The normalized spacial score (nSPS) is 12.8. The average Bonchev–Trinajstić information content (AvgIpc) is 2.65. The molecule has 0 bridgehead atoms. The van der Waals surface area contributed by atoms with E-state index in [1.54, 1.807) is 24.3 Å². The van der Waals surface area contributed by atoms with Crippen LogP contribution in [-0.4, -0.2) is 28.6 Å². The molecule has 3 aromatic rings. The fraction of sp³-hybridized carbons (Fsp3) is 0.211. The molecule has 1 aliphatic heterocycles. The topological polar surface area (TPSA) is 79.1 Å². The fourth-order valence-electron chi connectivity index (χ4n) is 2.83. The summed E-state index contributed by atoms with van der Waals surface area (Å²) >= 11 is 0. The molecule has 0 radical (unpaired) electrons. The second kappa shape index (κ2) is 6.51. The molecule has 0 fully saturated rings. The Morgan fingerprint density at radius 1 is 1.15 bits per heavy atom. The lowest BCUT2D eigenvalue weighted by Crippen LogP contribution is -2.18. The standard InChI is InChI=1S/C19H16N2O5/c1-12-3-2-4-17-20-14(10-18(22)21(12)17)11-26-19(23)13-5-6-15-16(9-13)25-8-7-24-15/h2-6,9-10H,7-8,11H2,1H3. The molecule has 0 amide bonds. The number of ether oxygens (including phenoxy) is 3. The summed E-state index contributed by atoms with van der Waals surface area (Å²) in [5.41, 5.74) is 1.84. The monoisotopic (exact) mass is 352 g/mol. The van der Waals surface area contributed by atoms with Crippen molar-refractivity contribution >= 4 is 11.6 Å². The lowest BCUT2D eigenvalue weighted by molar-refractivity contribution is 0.0466. The molecule has 0 spiro atoms. The van der Waals surface area contributed by atoms with Gasteiger partial charge in [0.15, 0.2) is 11.5 Å². The smallest absolute Gasteiger partial charge is 0.338 e. The zero-order valence-electron chi connectivity index (χ0n) is 14.1. The molecule has 1 aliphatic rings. The summed E-state index contributed by atoms with van der Waals surface area (Å²) in [6, 6.07) is 11.6. The second-order valence-corrected chi connectivity index (χ2v) is 5.88. The minimum Gasteiger partial charge on any atom is -0.486 e. The van der Waals surface area contributed by atoms with Gasteiger partial charge in [-0.3, -0.25) is 9.20 Å². The first kappa shape index (κ1) is 16.1. The molecular formula is C19H16N2O5. The van der Waals surface area contributed by atoms with Crippen LogP contribution in [0.25, 0.3) is 5.65 Å². The number of pyridine rings is 1. The van der Waals surface area contributed by atoms with Crippen molar-refractivity contribution in [3.63, 3.8) is 0 Å². The van der Waals surface area contributed by atoms with E-state index in [2.05, 4.69) is 4.98 Å². The predicted octanol–water partition coefficient (Wildman–Crippen LogP) is 2.13. The van der Waals surface area contributed by atoms with E-state index in [0.29, 0.717) is 41.6 Å². The number of fused-ring (bicyclic) bond motifs is 2. The lowest BCUT2D eigenvalue weighted by atomic mass is 10.2. The molecule has 0 unspecified atom stereocenters. The molecule has 3 heterocycles. The van der Waals surface area contributed by atoms with Crippen LogP contribution < -0.4 is 15.0 Å². The van der Waals surface area contributed by atoms with Gasteiger partial charge in [0.1, 0.15) is 25.5 Å². The molecule has 0 aliphatic carbocycles. The Labute approximate surface area is 148 Å². The van der Waals surface area contributed by atoms with E-state index in [0.717, 1.165) is 5.69 Å². The van der Waals surface area contributed by atoms with Crippen LogP contribution in [0.4, 0.5) is 0 Å². The van der Waals surface area contributed by atoms with E-state index >= 15 is 0 Å². The zero-order chi connectivity index (χ0) is 18.1. The molecule has 7 nitrogen and oxygen atoms in total. The van der Waals surface area contributed by atoms with E-state index in [1.807, 2.05) is 19.1 Å². The number of nitrogens with zero attached hydrogens (tertiary/aromatic N) is 2. The van der Waals surface area contributed by atoms with Crippen LogP contribution in [0.2, 0.25) is 0 Å². The van der Waals surface area contributed by atoms with E-state index in [9.17, 15) is 9.59 Å². The van der Waals surface area contributed by atoms with Gasteiger partial charge in [0.2, 0.25) is 0 Å². The van der Waals surface area contributed by atoms with Crippen molar-refractivity contribution in [1.29, 1.82) is 0 Å². The number of hydrogen-bond donors (Lipinski definition) is 0. The number of carbonyl (C=O) groups excluding carboxylic acids is 1. The first-order chi connectivity index (χ1) is 12.6. The number of carbonyl (C=O) groups is 1. The van der Waals surface area contributed by atoms with Crippen LogP contribution in [0.15, 0.2) is 47.3 Å². The Morgan fingerprint density at radius 2 is 1.96 bits per heavy atom. The highest BCUT2D eigenvalue weighted by atomic mass is 16.6. The van der Waals surface area contributed by atoms with Crippen LogP contribution in [0.5, 0.6) is 11.5 Å². The van der Waals surface area contributed by atoms with Crippen LogP contribution in [0, 0.1) is 6.92 Å². The minimum absolute atomic E-state index is 0.0903. The fourth-order valence-corrected chi connectivity index (χ4v) is 2.83. The summed E-state index contributed by atoms with van der Waals surface area (Å²) in [5, 5.41) is 0. The second-order valence-electron chi connectivity index (χ2n) is 5.88. The average molecular weight is 352 g/mol. The minimum atomic E-state index is -0.520. The van der Waals surface area contributed by atoms with E-state index in [-0.39, 0.29) is 12.2 Å². The van der Waals surface area contributed by atoms with Gasteiger partial charge in [0.05, 0.1) is 11.3 Å². The number of esters is 1. The highest BCUT2D eigenvalue weighted by Gasteiger charge is 2.16. The molecule has 4 rings (SSSR count). The van der Waals surface area contributed by atoms with Gasteiger partial charge in [-0.2, -0.15) is 0 Å². The molecule has 132 valence electrons. The van der Waals surface area contributed by atoms with Crippen molar-refractivity contribution in [1.82, 2.24) is 9.38 Å². The maximum absolute atomic E-state index is 12.3. The summed E-state index contributed by atoms with van der Waals surface area (Å²) in [5.74, 6) is 0.601. The van der Waals surface area contributed by atoms with E-state index in [1.165, 1.54) is 10.5 Å². The molecule has 0 saturated carbocycles. The first-order valence-electron chi connectivity index (χ1n) is 8.17. The Morgan fingerprint density at radius 3 is 2.81 bits per heavy atom. The van der Waals surface area contributed by atoms with Crippen LogP contribution in [-0.2, 0) is 11.3 Å². The molecule has 0 N–H and O–H groups in total. The number of hydrogen-bond acceptors (Lipinski definition) is 6. The van der Waals surface area contributed by atoms with Gasteiger partial charge in [-0.1, -0.05) is 6.07 Å². The summed E-state index contributed by atoms with van der Waals surface area (Å²) < 4.78 is 17.7. The summed E-state index contributed by atoms with van der Waals surface area (Å²) in [6.45, 7) is 2.67. The van der Waals surface area contributed by atoms with Crippen molar-refractivity contribution in [2.24, 2.45) is 0 Å².